The largest absolute Gasteiger partial charge is 0.490 e. The number of ether oxygens (including phenoxy) is 2. The van der Waals surface area contributed by atoms with Crippen LogP contribution in [-0.2, 0) is 0 Å². The van der Waals surface area contributed by atoms with E-state index >= 15 is 0 Å². The molecule has 2 rings (SSSR count). The Bertz CT molecular complexity index is 470. The molecule has 0 aromatic heterocycles. The Labute approximate surface area is 125 Å². The lowest BCUT2D eigenvalue weighted by Gasteiger charge is -2.16. The molecular formula is C16H21NO2S. The van der Waals surface area contributed by atoms with Crippen LogP contribution in [0.2, 0.25) is 0 Å². The average molecular weight is 291 g/mol. The molecule has 1 aromatic carbocycles. The zero-order valence-corrected chi connectivity index (χ0v) is 12.7. The lowest BCUT2D eigenvalue weighted by molar-refractivity contribution is 0.297. The minimum atomic E-state index is 0.290. The highest BCUT2D eigenvalue weighted by molar-refractivity contribution is 7.99. The van der Waals surface area contributed by atoms with Crippen molar-refractivity contribution in [1.29, 1.82) is 0 Å². The number of terminal acetylenes is 1. The van der Waals surface area contributed by atoms with Crippen LogP contribution in [0, 0.1) is 12.3 Å². The van der Waals surface area contributed by atoms with Gasteiger partial charge in [-0.25, -0.2) is 0 Å². The smallest absolute Gasteiger partial charge is 0.161 e. The van der Waals surface area contributed by atoms with E-state index in [-0.39, 0.29) is 0 Å². The number of hydrogen-bond acceptors (Lipinski definition) is 4. The summed E-state index contributed by atoms with van der Waals surface area (Å²) >= 11 is 1.77. The second-order valence-electron chi connectivity index (χ2n) is 4.69. The summed E-state index contributed by atoms with van der Waals surface area (Å²) in [5.74, 6) is 6.14. The SMILES string of the molecule is C#CCSCCNC(C)c1ccc2c(c1)OCCCO2. The Hall–Kier alpha value is -1.31. The van der Waals surface area contributed by atoms with E-state index in [1.54, 1.807) is 11.8 Å². The molecule has 0 aliphatic carbocycles. The topological polar surface area (TPSA) is 30.5 Å². The molecule has 0 radical (unpaired) electrons. The number of hydrogen-bond donors (Lipinski definition) is 1. The van der Waals surface area contributed by atoms with E-state index < -0.39 is 0 Å². The average Bonchev–Trinajstić information content (AvgIpc) is 2.71. The quantitative estimate of drug-likeness (QED) is 0.645. The highest BCUT2D eigenvalue weighted by atomic mass is 32.2. The summed E-state index contributed by atoms with van der Waals surface area (Å²) in [7, 11) is 0. The summed E-state index contributed by atoms with van der Waals surface area (Å²) in [5, 5.41) is 3.49. The summed E-state index contributed by atoms with van der Waals surface area (Å²) in [6.07, 6.45) is 6.16. The molecule has 0 saturated heterocycles. The van der Waals surface area contributed by atoms with Crippen LogP contribution in [0.3, 0.4) is 0 Å². The van der Waals surface area contributed by atoms with Crippen molar-refractivity contribution < 1.29 is 9.47 Å². The van der Waals surface area contributed by atoms with Crippen molar-refractivity contribution in [3.05, 3.63) is 23.8 Å². The molecule has 4 heteroatoms. The van der Waals surface area contributed by atoms with Gasteiger partial charge >= 0.3 is 0 Å². The Balaban J connectivity index is 1.88. The van der Waals surface area contributed by atoms with Gasteiger partial charge in [0.05, 0.1) is 19.0 Å². The molecule has 1 atom stereocenters. The highest BCUT2D eigenvalue weighted by Crippen LogP contribution is 2.32. The van der Waals surface area contributed by atoms with E-state index in [1.165, 1.54) is 5.56 Å². The second kappa shape index (κ2) is 8.08. The van der Waals surface area contributed by atoms with Crippen LogP contribution >= 0.6 is 11.8 Å². The maximum Gasteiger partial charge on any atom is 0.161 e. The molecule has 1 aliphatic rings. The molecule has 1 aliphatic heterocycles. The maximum atomic E-state index is 5.72. The van der Waals surface area contributed by atoms with Crippen LogP contribution in [0.15, 0.2) is 18.2 Å². The van der Waals surface area contributed by atoms with Gasteiger partial charge < -0.3 is 14.8 Å². The zero-order chi connectivity index (χ0) is 14.2. The third kappa shape index (κ3) is 4.36. The summed E-state index contributed by atoms with van der Waals surface area (Å²) in [5.41, 5.74) is 1.22. The molecule has 20 heavy (non-hydrogen) atoms. The monoisotopic (exact) mass is 291 g/mol. The van der Waals surface area contributed by atoms with Crippen LogP contribution in [0.1, 0.15) is 24.9 Å². The molecule has 0 bridgehead atoms. The Morgan fingerprint density at radius 2 is 2.15 bits per heavy atom. The molecule has 1 unspecified atom stereocenters. The fourth-order valence-electron chi connectivity index (χ4n) is 2.05. The first kappa shape index (κ1) is 15.1. The first-order valence-corrected chi connectivity index (χ1v) is 8.11. The first-order chi connectivity index (χ1) is 9.81. The van der Waals surface area contributed by atoms with Crippen LogP contribution in [-0.4, -0.2) is 31.3 Å². The number of benzene rings is 1. The van der Waals surface area contributed by atoms with Crippen LogP contribution < -0.4 is 14.8 Å². The molecule has 108 valence electrons. The lowest BCUT2D eigenvalue weighted by atomic mass is 10.1. The van der Waals surface area contributed by atoms with Crippen molar-refractivity contribution in [2.45, 2.75) is 19.4 Å². The van der Waals surface area contributed by atoms with E-state index in [2.05, 4.69) is 30.3 Å². The van der Waals surface area contributed by atoms with Gasteiger partial charge in [0.2, 0.25) is 0 Å². The molecule has 3 nitrogen and oxygen atoms in total. The molecule has 1 heterocycles. The maximum absolute atomic E-state index is 5.72. The number of rotatable bonds is 6. The minimum absolute atomic E-state index is 0.290. The van der Waals surface area contributed by atoms with Gasteiger partial charge in [0, 0.05) is 24.8 Å². The fourth-order valence-corrected chi connectivity index (χ4v) is 2.57. The molecule has 0 saturated carbocycles. The predicted molar refractivity (Wildman–Crippen MR) is 84.6 cm³/mol. The molecule has 1 N–H and O–H groups in total. The Morgan fingerprint density at radius 3 is 2.95 bits per heavy atom. The van der Waals surface area contributed by atoms with Crippen LogP contribution in [0.4, 0.5) is 0 Å². The van der Waals surface area contributed by atoms with Gasteiger partial charge in [-0.1, -0.05) is 12.0 Å². The first-order valence-electron chi connectivity index (χ1n) is 6.95. The highest BCUT2D eigenvalue weighted by Gasteiger charge is 2.13. The summed E-state index contributed by atoms with van der Waals surface area (Å²) in [6, 6.07) is 6.46. The summed E-state index contributed by atoms with van der Waals surface area (Å²) in [6.45, 7) is 4.56. The number of fused-ring (bicyclic) bond motifs is 1. The predicted octanol–water partition coefficient (Wildman–Crippen LogP) is 2.86. The molecular weight excluding hydrogens is 270 g/mol. The minimum Gasteiger partial charge on any atom is -0.490 e. The number of nitrogens with one attached hydrogen (secondary N) is 1. The molecule has 0 fully saturated rings. The van der Waals surface area contributed by atoms with E-state index in [1.807, 2.05) is 6.07 Å². The summed E-state index contributed by atoms with van der Waals surface area (Å²) in [4.78, 5) is 0. The van der Waals surface area contributed by atoms with Gasteiger partial charge in [0.1, 0.15) is 0 Å². The van der Waals surface area contributed by atoms with E-state index in [4.69, 9.17) is 15.9 Å². The molecule has 0 amide bonds. The summed E-state index contributed by atoms with van der Waals surface area (Å²) < 4.78 is 11.4. The third-order valence-electron chi connectivity index (χ3n) is 3.15. The van der Waals surface area contributed by atoms with Gasteiger partial charge in [0.15, 0.2) is 11.5 Å². The zero-order valence-electron chi connectivity index (χ0n) is 11.9. The molecule has 0 spiro atoms. The van der Waals surface area contributed by atoms with Gasteiger partial charge in [0.25, 0.3) is 0 Å². The number of thioether (sulfide) groups is 1. The van der Waals surface area contributed by atoms with E-state index in [0.717, 1.165) is 49.2 Å². The normalized spacial score (nSPS) is 15.2. The fraction of sp³-hybridized carbons (Fsp3) is 0.500. The van der Waals surface area contributed by atoms with Crippen molar-refractivity contribution in [1.82, 2.24) is 5.32 Å². The van der Waals surface area contributed by atoms with Gasteiger partial charge in [-0.05, 0) is 24.6 Å². The van der Waals surface area contributed by atoms with Gasteiger partial charge in [-0.2, -0.15) is 0 Å². The van der Waals surface area contributed by atoms with E-state index in [9.17, 15) is 0 Å². The second-order valence-corrected chi connectivity index (χ2v) is 5.79. The lowest BCUT2D eigenvalue weighted by Crippen LogP contribution is -2.21. The van der Waals surface area contributed by atoms with Crippen molar-refractivity contribution in [2.24, 2.45) is 0 Å². The van der Waals surface area contributed by atoms with Crippen molar-refractivity contribution in [3.8, 4) is 23.8 Å². The van der Waals surface area contributed by atoms with Crippen molar-refractivity contribution in [3.63, 3.8) is 0 Å². The van der Waals surface area contributed by atoms with Crippen LogP contribution in [0.5, 0.6) is 11.5 Å². The van der Waals surface area contributed by atoms with E-state index in [0.29, 0.717) is 6.04 Å². The Kier molecular flexibility index (Phi) is 6.10. The molecule has 1 aromatic rings. The van der Waals surface area contributed by atoms with Crippen LogP contribution in [0.25, 0.3) is 0 Å². The Morgan fingerprint density at radius 1 is 1.35 bits per heavy atom. The third-order valence-corrected chi connectivity index (χ3v) is 4.02. The van der Waals surface area contributed by atoms with Gasteiger partial charge in [-0.3, -0.25) is 0 Å². The standard InChI is InChI=1S/C16H21NO2S/c1-3-10-20-11-7-17-13(2)14-5-6-15-16(12-14)19-9-4-8-18-15/h1,5-6,12-13,17H,4,7-11H2,2H3. The van der Waals surface area contributed by atoms with Crippen molar-refractivity contribution in [2.75, 3.05) is 31.3 Å². The van der Waals surface area contributed by atoms with Crippen molar-refractivity contribution >= 4 is 11.8 Å². The van der Waals surface area contributed by atoms with Gasteiger partial charge in [-0.15, -0.1) is 18.2 Å².